The minimum atomic E-state index is -0.539. The third kappa shape index (κ3) is 5.40. The third-order valence-corrected chi connectivity index (χ3v) is 2.93. The van der Waals surface area contributed by atoms with Crippen molar-refractivity contribution < 1.29 is 14.6 Å². The Kier molecular flexibility index (Phi) is 5.65. The molecular weight excluding hydrogens is 322 g/mol. The molecule has 0 saturated heterocycles. The predicted octanol–water partition coefficient (Wildman–Crippen LogP) is 3.24. The van der Waals surface area contributed by atoms with E-state index < -0.39 is 10.8 Å². The summed E-state index contributed by atoms with van der Waals surface area (Å²) in [5, 5.41) is 17.4. The zero-order valence-electron chi connectivity index (χ0n) is 11.8. The van der Waals surface area contributed by atoms with Crippen LogP contribution in [0.5, 0.6) is 0 Å². The van der Waals surface area contributed by atoms with E-state index in [1.807, 2.05) is 0 Å². The van der Waals surface area contributed by atoms with E-state index in [1.165, 1.54) is 24.4 Å². The molecular formula is C15H12ClN3O4. The average Bonchev–Trinajstić information content (AvgIpc) is 2.53. The molecule has 0 atom stereocenters. The van der Waals surface area contributed by atoms with Crippen molar-refractivity contribution in [2.75, 3.05) is 11.9 Å². The van der Waals surface area contributed by atoms with Crippen LogP contribution in [0.25, 0.3) is 0 Å². The van der Waals surface area contributed by atoms with Gasteiger partial charge in [-0.15, -0.1) is 0 Å². The highest BCUT2D eigenvalue weighted by atomic mass is 35.5. The van der Waals surface area contributed by atoms with Crippen molar-refractivity contribution in [1.29, 1.82) is 0 Å². The van der Waals surface area contributed by atoms with Crippen LogP contribution in [0.2, 0.25) is 5.02 Å². The van der Waals surface area contributed by atoms with Crippen LogP contribution in [-0.4, -0.2) is 23.7 Å². The van der Waals surface area contributed by atoms with Gasteiger partial charge in [0.05, 0.1) is 11.1 Å². The minimum absolute atomic E-state index is 0.107. The molecule has 8 heteroatoms. The topological polar surface area (TPSA) is 93.8 Å². The Morgan fingerprint density at radius 2 is 2.04 bits per heavy atom. The Morgan fingerprint density at radius 3 is 2.74 bits per heavy atom. The van der Waals surface area contributed by atoms with Crippen molar-refractivity contribution >= 4 is 35.1 Å². The van der Waals surface area contributed by atoms with E-state index in [0.717, 1.165) is 5.56 Å². The summed E-state index contributed by atoms with van der Waals surface area (Å²) >= 11 is 5.75. The first kappa shape index (κ1) is 16.4. The summed E-state index contributed by atoms with van der Waals surface area (Å²) in [5.74, 6) is -0.473. The number of carbonyl (C=O) groups excluding carboxylic acids is 1. The summed E-state index contributed by atoms with van der Waals surface area (Å²) < 4.78 is 0. The van der Waals surface area contributed by atoms with Crippen molar-refractivity contribution in [3.05, 3.63) is 69.2 Å². The lowest BCUT2D eigenvalue weighted by Crippen LogP contribution is -2.17. The van der Waals surface area contributed by atoms with Gasteiger partial charge in [0.15, 0.2) is 6.61 Å². The van der Waals surface area contributed by atoms with Crippen LogP contribution in [0.15, 0.2) is 53.7 Å². The lowest BCUT2D eigenvalue weighted by Gasteiger charge is -2.03. The van der Waals surface area contributed by atoms with Gasteiger partial charge in [0.1, 0.15) is 0 Å². The second-order valence-electron chi connectivity index (χ2n) is 4.42. The fourth-order valence-electron chi connectivity index (χ4n) is 1.64. The van der Waals surface area contributed by atoms with E-state index in [4.69, 9.17) is 16.4 Å². The zero-order chi connectivity index (χ0) is 16.7. The van der Waals surface area contributed by atoms with Crippen LogP contribution in [0, 0.1) is 10.1 Å². The molecule has 23 heavy (non-hydrogen) atoms. The molecule has 1 N–H and O–H groups in total. The zero-order valence-corrected chi connectivity index (χ0v) is 12.6. The Hall–Kier alpha value is -2.93. The number of nitrogens with zero attached hydrogens (tertiary/aromatic N) is 2. The molecule has 0 radical (unpaired) electrons. The molecule has 0 aliphatic heterocycles. The number of rotatable bonds is 6. The number of nitro benzene ring substituents is 1. The molecule has 0 saturated carbocycles. The highest BCUT2D eigenvalue weighted by Crippen LogP contribution is 2.16. The van der Waals surface area contributed by atoms with Crippen LogP contribution < -0.4 is 5.32 Å². The number of carbonyl (C=O) groups is 1. The molecule has 0 unspecified atom stereocenters. The first-order valence-electron chi connectivity index (χ1n) is 6.50. The number of amides is 1. The van der Waals surface area contributed by atoms with E-state index in [9.17, 15) is 14.9 Å². The van der Waals surface area contributed by atoms with E-state index in [0.29, 0.717) is 10.7 Å². The largest absolute Gasteiger partial charge is 0.386 e. The number of nitrogens with one attached hydrogen (secondary N) is 1. The monoisotopic (exact) mass is 333 g/mol. The summed E-state index contributed by atoms with van der Waals surface area (Å²) in [6.45, 7) is -0.313. The lowest BCUT2D eigenvalue weighted by atomic mass is 10.2. The van der Waals surface area contributed by atoms with Gasteiger partial charge in [0.25, 0.3) is 11.6 Å². The molecule has 118 valence electrons. The molecule has 0 aromatic heterocycles. The fraction of sp³-hybridized carbons (Fsp3) is 0.0667. The molecule has 1 amide bonds. The molecule has 0 aliphatic carbocycles. The maximum absolute atomic E-state index is 11.7. The number of nitro groups is 1. The lowest BCUT2D eigenvalue weighted by molar-refractivity contribution is -0.384. The first-order chi connectivity index (χ1) is 11.0. The number of hydrogen-bond donors (Lipinski definition) is 1. The van der Waals surface area contributed by atoms with Gasteiger partial charge >= 0.3 is 0 Å². The van der Waals surface area contributed by atoms with Gasteiger partial charge in [-0.1, -0.05) is 35.0 Å². The quantitative estimate of drug-likeness (QED) is 0.499. The average molecular weight is 334 g/mol. The predicted molar refractivity (Wildman–Crippen MR) is 86.7 cm³/mol. The molecule has 2 aromatic rings. The van der Waals surface area contributed by atoms with Crippen LogP contribution in [0.3, 0.4) is 0 Å². The standard InChI is InChI=1S/C15H12ClN3O4/c16-12-6-4-11(5-7-12)9-17-23-10-15(20)18-13-2-1-3-14(8-13)19(21)22/h1-9H,10H2,(H,18,20)/b17-9-. The van der Waals surface area contributed by atoms with E-state index in [-0.39, 0.29) is 12.3 Å². The smallest absolute Gasteiger partial charge is 0.271 e. The van der Waals surface area contributed by atoms with E-state index >= 15 is 0 Å². The van der Waals surface area contributed by atoms with Crippen molar-refractivity contribution in [3.8, 4) is 0 Å². The summed E-state index contributed by atoms with van der Waals surface area (Å²) in [4.78, 5) is 26.6. The Labute approximate surface area is 136 Å². The summed E-state index contributed by atoms with van der Waals surface area (Å²) in [6, 6.07) is 12.5. The maximum atomic E-state index is 11.7. The number of non-ortho nitro benzene ring substituents is 1. The second kappa shape index (κ2) is 7.90. The third-order valence-electron chi connectivity index (χ3n) is 2.68. The number of halogens is 1. The molecule has 0 spiro atoms. The number of oxime groups is 1. The molecule has 0 bridgehead atoms. The van der Waals surface area contributed by atoms with Crippen LogP contribution in [0.4, 0.5) is 11.4 Å². The molecule has 0 heterocycles. The van der Waals surface area contributed by atoms with Gasteiger partial charge in [-0.05, 0) is 23.8 Å². The Morgan fingerprint density at radius 1 is 1.30 bits per heavy atom. The van der Waals surface area contributed by atoms with Gasteiger partial charge in [0.2, 0.25) is 0 Å². The SMILES string of the molecule is O=C(CO/N=C\c1ccc(Cl)cc1)Nc1cccc([N+](=O)[O-])c1. The normalized spacial score (nSPS) is 10.5. The van der Waals surface area contributed by atoms with Gasteiger partial charge < -0.3 is 10.2 Å². The van der Waals surface area contributed by atoms with Crippen molar-refractivity contribution in [1.82, 2.24) is 0 Å². The molecule has 2 aromatic carbocycles. The van der Waals surface area contributed by atoms with E-state index in [1.54, 1.807) is 30.3 Å². The number of hydrogen-bond acceptors (Lipinski definition) is 5. The van der Waals surface area contributed by atoms with Crippen molar-refractivity contribution in [2.24, 2.45) is 5.16 Å². The van der Waals surface area contributed by atoms with Gasteiger partial charge in [-0.25, -0.2) is 0 Å². The molecule has 0 fully saturated rings. The van der Waals surface area contributed by atoms with Crippen LogP contribution >= 0.6 is 11.6 Å². The highest BCUT2D eigenvalue weighted by Gasteiger charge is 2.08. The summed E-state index contributed by atoms with van der Waals surface area (Å²) in [5.41, 5.74) is 0.979. The van der Waals surface area contributed by atoms with Gasteiger partial charge in [-0.2, -0.15) is 0 Å². The number of benzene rings is 2. The van der Waals surface area contributed by atoms with Crippen LogP contribution in [0.1, 0.15) is 5.56 Å². The Balaban J connectivity index is 1.82. The second-order valence-corrected chi connectivity index (χ2v) is 4.85. The van der Waals surface area contributed by atoms with Crippen LogP contribution in [-0.2, 0) is 9.63 Å². The Bertz CT molecular complexity index is 732. The molecule has 7 nitrogen and oxygen atoms in total. The summed E-state index contributed by atoms with van der Waals surface area (Å²) in [7, 11) is 0. The first-order valence-corrected chi connectivity index (χ1v) is 6.87. The van der Waals surface area contributed by atoms with Gasteiger partial charge in [0, 0.05) is 22.8 Å². The van der Waals surface area contributed by atoms with Crippen molar-refractivity contribution in [3.63, 3.8) is 0 Å². The maximum Gasteiger partial charge on any atom is 0.271 e. The molecule has 0 aliphatic rings. The summed E-state index contributed by atoms with van der Waals surface area (Å²) in [6.07, 6.45) is 1.44. The minimum Gasteiger partial charge on any atom is -0.386 e. The highest BCUT2D eigenvalue weighted by molar-refractivity contribution is 6.30. The van der Waals surface area contributed by atoms with Gasteiger partial charge in [-0.3, -0.25) is 14.9 Å². The molecule has 2 rings (SSSR count). The fourth-order valence-corrected chi connectivity index (χ4v) is 1.76. The number of anilines is 1. The van der Waals surface area contributed by atoms with Crippen molar-refractivity contribution in [2.45, 2.75) is 0 Å². The van der Waals surface area contributed by atoms with E-state index in [2.05, 4.69) is 10.5 Å².